The van der Waals surface area contributed by atoms with Gasteiger partial charge in [0.15, 0.2) is 0 Å². The van der Waals surface area contributed by atoms with E-state index in [1.165, 1.54) is 5.56 Å². The van der Waals surface area contributed by atoms with Gasteiger partial charge in [-0.05, 0) is 46.5 Å². The molecule has 0 saturated heterocycles. The third kappa shape index (κ3) is 4.86. The predicted molar refractivity (Wildman–Crippen MR) is 95.8 cm³/mol. The highest BCUT2D eigenvalue weighted by Gasteiger charge is 2.22. The number of rotatable bonds is 6. The van der Waals surface area contributed by atoms with Crippen LogP contribution in [0, 0.1) is 20.8 Å². The number of hydrogen-bond acceptors (Lipinski definition) is 4. The van der Waals surface area contributed by atoms with Crippen molar-refractivity contribution in [2.45, 2.75) is 33.2 Å². The van der Waals surface area contributed by atoms with Gasteiger partial charge in [0, 0.05) is 24.4 Å². The molecule has 1 amide bonds. The Hall–Kier alpha value is -2.27. The lowest BCUT2D eigenvalue weighted by Crippen LogP contribution is -2.38. The quantitative estimate of drug-likeness (QED) is 0.885. The van der Waals surface area contributed by atoms with Gasteiger partial charge in [-0.3, -0.25) is 9.69 Å². The Kier molecular flexibility index (Phi) is 6.04. The Balaban J connectivity index is 1.99. The summed E-state index contributed by atoms with van der Waals surface area (Å²) in [4.78, 5) is 23.3. The van der Waals surface area contributed by atoms with Gasteiger partial charge in [0.05, 0.1) is 0 Å². The van der Waals surface area contributed by atoms with Gasteiger partial charge in [0.25, 0.3) is 0 Å². The Labute approximate surface area is 144 Å². The number of nitrogens with zero attached hydrogens (tertiary/aromatic N) is 3. The number of amides is 1. The van der Waals surface area contributed by atoms with Gasteiger partial charge in [-0.25, -0.2) is 9.97 Å². The largest absolute Gasteiger partial charge is 0.354 e. The van der Waals surface area contributed by atoms with Crippen LogP contribution >= 0.6 is 0 Å². The molecule has 0 aliphatic rings. The molecule has 5 heteroatoms. The lowest BCUT2D eigenvalue weighted by molar-refractivity contribution is -0.125. The Morgan fingerprint density at radius 2 is 1.67 bits per heavy atom. The van der Waals surface area contributed by atoms with E-state index < -0.39 is 0 Å². The molecule has 1 aromatic carbocycles. The molecule has 0 spiro atoms. The first kappa shape index (κ1) is 18.1. The molecule has 1 atom stereocenters. The topological polar surface area (TPSA) is 58.1 Å². The monoisotopic (exact) mass is 326 g/mol. The van der Waals surface area contributed by atoms with E-state index >= 15 is 0 Å². The molecule has 0 bridgehead atoms. The van der Waals surface area contributed by atoms with E-state index in [2.05, 4.69) is 15.3 Å². The summed E-state index contributed by atoms with van der Waals surface area (Å²) in [7, 11) is 3.83. The van der Waals surface area contributed by atoms with Crippen LogP contribution < -0.4 is 5.32 Å². The Morgan fingerprint density at radius 1 is 1.08 bits per heavy atom. The van der Waals surface area contributed by atoms with Crippen LogP contribution in [0.2, 0.25) is 0 Å². The van der Waals surface area contributed by atoms with Gasteiger partial charge < -0.3 is 5.32 Å². The first-order valence-corrected chi connectivity index (χ1v) is 8.18. The third-order valence-electron chi connectivity index (χ3n) is 3.83. The predicted octanol–water partition coefficient (Wildman–Crippen LogP) is 2.36. The van der Waals surface area contributed by atoms with Gasteiger partial charge in [-0.2, -0.15) is 0 Å². The van der Waals surface area contributed by atoms with E-state index in [4.69, 9.17) is 0 Å². The number of hydrogen-bond donors (Lipinski definition) is 1. The number of carbonyl (C=O) groups is 1. The standard InChI is InChI=1S/C19H26N4O/c1-13-6-8-16(9-7-13)18(23(4)5)19(24)20-11-10-17-21-14(2)12-15(3)22-17/h6-9,12,18H,10-11H2,1-5H3,(H,20,24)/t18-/m1/s1. The number of aryl methyl sites for hydroxylation is 3. The highest BCUT2D eigenvalue weighted by molar-refractivity contribution is 5.83. The minimum absolute atomic E-state index is 0.00627. The Morgan fingerprint density at radius 3 is 2.21 bits per heavy atom. The van der Waals surface area contributed by atoms with Crippen LogP contribution in [0.4, 0.5) is 0 Å². The summed E-state index contributed by atoms with van der Waals surface area (Å²) in [5.74, 6) is 0.762. The molecule has 5 nitrogen and oxygen atoms in total. The zero-order valence-corrected chi connectivity index (χ0v) is 15.1. The molecule has 0 aliphatic heterocycles. The van der Waals surface area contributed by atoms with Crippen LogP contribution in [0.25, 0.3) is 0 Å². The van der Waals surface area contributed by atoms with E-state index in [1.54, 1.807) is 0 Å². The van der Waals surface area contributed by atoms with Gasteiger partial charge in [-0.15, -0.1) is 0 Å². The molecule has 1 N–H and O–H groups in total. The van der Waals surface area contributed by atoms with Crippen molar-refractivity contribution in [3.8, 4) is 0 Å². The fourth-order valence-corrected chi connectivity index (χ4v) is 2.74. The maximum Gasteiger partial charge on any atom is 0.241 e. The van der Waals surface area contributed by atoms with Crippen molar-refractivity contribution in [2.24, 2.45) is 0 Å². The second-order valence-corrected chi connectivity index (χ2v) is 6.38. The lowest BCUT2D eigenvalue weighted by Gasteiger charge is -2.24. The highest BCUT2D eigenvalue weighted by atomic mass is 16.2. The van der Waals surface area contributed by atoms with Crippen molar-refractivity contribution in [1.29, 1.82) is 0 Å². The zero-order valence-electron chi connectivity index (χ0n) is 15.1. The molecule has 128 valence electrons. The van der Waals surface area contributed by atoms with Crippen molar-refractivity contribution >= 4 is 5.91 Å². The summed E-state index contributed by atoms with van der Waals surface area (Å²) in [6, 6.07) is 9.72. The first-order valence-electron chi connectivity index (χ1n) is 8.18. The summed E-state index contributed by atoms with van der Waals surface area (Å²) in [5.41, 5.74) is 4.08. The maximum atomic E-state index is 12.6. The molecule has 1 aromatic heterocycles. The molecule has 0 radical (unpaired) electrons. The lowest BCUT2D eigenvalue weighted by atomic mass is 10.0. The van der Waals surface area contributed by atoms with Gasteiger partial charge >= 0.3 is 0 Å². The van der Waals surface area contributed by atoms with E-state index in [-0.39, 0.29) is 11.9 Å². The molecule has 0 aliphatic carbocycles. The van der Waals surface area contributed by atoms with Crippen LogP contribution in [-0.2, 0) is 11.2 Å². The molecule has 2 aromatic rings. The summed E-state index contributed by atoms with van der Waals surface area (Å²) in [6.45, 7) is 6.47. The van der Waals surface area contributed by atoms with E-state index in [1.807, 2.05) is 70.1 Å². The van der Waals surface area contributed by atoms with Crippen LogP contribution in [0.15, 0.2) is 30.3 Å². The van der Waals surface area contributed by atoms with E-state index in [0.29, 0.717) is 13.0 Å². The molecular weight excluding hydrogens is 300 g/mol. The second kappa shape index (κ2) is 8.02. The normalized spacial score (nSPS) is 12.2. The van der Waals surface area contributed by atoms with Crippen LogP contribution in [0.1, 0.15) is 34.4 Å². The number of carbonyl (C=O) groups excluding carboxylic acids is 1. The van der Waals surface area contributed by atoms with Crippen molar-refractivity contribution in [3.05, 3.63) is 58.7 Å². The molecule has 0 fully saturated rings. The summed E-state index contributed by atoms with van der Waals surface area (Å²) < 4.78 is 0. The SMILES string of the molecule is Cc1ccc([C@H](C(=O)NCCc2nc(C)cc(C)n2)N(C)C)cc1. The second-order valence-electron chi connectivity index (χ2n) is 6.38. The fourth-order valence-electron chi connectivity index (χ4n) is 2.74. The fraction of sp³-hybridized carbons (Fsp3) is 0.421. The summed E-state index contributed by atoms with van der Waals surface area (Å²) in [5, 5.41) is 3.00. The smallest absolute Gasteiger partial charge is 0.241 e. The number of aromatic nitrogens is 2. The van der Waals surface area contributed by atoms with Gasteiger partial charge in [0.1, 0.15) is 11.9 Å². The maximum absolute atomic E-state index is 12.6. The number of likely N-dealkylation sites (N-methyl/N-ethyl adjacent to an activating group) is 1. The zero-order chi connectivity index (χ0) is 17.7. The highest BCUT2D eigenvalue weighted by Crippen LogP contribution is 2.18. The minimum Gasteiger partial charge on any atom is -0.354 e. The third-order valence-corrected chi connectivity index (χ3v) is 3.83. The molecule has 1 heterocycles. The van der Waals surface area contributed by atoms with Crippen LogP contribution in [0.3, 0.4) is 0 Å². The first-order chi connectivity index (χ1) is 11.4. The Bertz CT molecular complexity index is 675. The molecule has 0 unspecified atom stereocenters. The molecule has 2 rings (SSSR count). The van der Waals surface area contributed by atoms with Crippen molar-refractivity contribution in [1.82, 2.24) is 20.2 Å². The minimum atomic E-state index is -0.300. The molecule has 24 heavy (non-hydrogen) atoms. The van der Waals surface area contributed by atoms with Crippen LogP contribution in [-0.4, -0.2) is 41.4 Å². The molecule has 0 saturated carbocycles. The number of nitrogens with one attached hydrogen (secondary N) is 1. The average molecular weight is 326 g/mol. The van der Waals surface area contributed by atoms with Crippen LogP contribution in [0.5, 0.6) is 0 Å². The number of benzene rings is 1. The van der Waals surface area contributed by atoms with E-state index in [9.17, 15) is 4.79 Å². The van der Waals surface area contributed by atoms with Crippen molar-refractivity contribution in [2.75, 3.05) is 20.6 Å². The van der Waals surface area contributed by atoms with Crippen molar-refractivity contribution < 1.29 is 4.79 Å². The molecular formula is C19H26N4O. The van der Waals surface area contributed by atoms with Gasteiger partial charge in [0.2, 0.25) is 5.91 Å². The summed E-state index contributed by atoms with van der Waals surface area (Å²) >= 11 is 0. The average Bonchev–Trinajstić information content (AvgIpc) is 2.48. The van der Waals surface area contributed by atoms with E-state index in [0.717, 1.165) is 22.8 Å². The van der Waals surface area contributed by atoms with Gasteiger partial charge in [-0.1, -0.05) is 29.8 Å². The summed E-state index contributed by atoms with van der Waals surface area (Å²) in [6.07, 6.45) is 0.627. The van der Waals surface area contributed by atoms with Crippen molar-refractivity contribution in [3.63, 3.8) is 0 Å².